The number of carbonyl (C=O) groups excluding carboxylic acids is 1. The van der Waals surface area contributed by atoms with Crippen molar-refractivity contribution < 1.29 is 9.53 Å². The van der Waals surface area contributed by atoms with Crippen LogP contribution in [0.5, 0.6) is 11.5 Å². The lowest BCUT2D eigenvalue weighted by Gasteiger charge is -2.12. The van der Waals surface area contributed by atoms with Crippen LogP contribution in [0.1, 0.15) is 28.4 Å². The molecule has 0 aliphatic carbocycles. The van der Waals surface area contributed by atoms with Crippen LogP contribution in [-0.4, -0.2) is 5.78 Å². The van der Waals surface area contributed by atoms with E-state index < -0.39 is 0 Å². The summed E-state index contributed by atoms with van der Waals surface area (Å²) < 4.78 is 5.87. The standard InChI is InChI=1S/C23H18N2O3/c1-3-18-8-4-5-10-23(18)28-20-11-12-21(25-27)22(14-20)24-15-17-7-6-9-19(13-17)16(2)26/h1,4-14,24H,15H2,2H3. The minimum absolute atomic E-state index is 0.000303. The summed E-state index contributed by atoms with van der Waals surface area (Å²) in [6.07, 6.45) is 5.50. The van der Waals surface area contributed by atoms with E-state index in [1.807, 2.05) is 30.3 Å². The number of rotatable bonds is 7. The van der Waals surface area contributed by atoms with Crippen LogP contribution in [0, 0.1) is 17.3 Å². The van der Waals surface area contributed by atoms with Crippen molar-refractivity contribution in [2.24, 2.45) is 5.18 Å². The molecule has 28 heavy (non-hydrogen) atoms. The van der Waals surface area contributed by atoms with Crippen LogP contribution in [0.15, 0.2) is 71.9 Å². The Morgan fingerprint density at radius 1 is 1.11 bits per heavy atom. The minimum atomic E-state index is -0.000303. The van der Waals surface area contributed by atoms with Gasteiger partial charge in [0.05, 0.1) is 11.3 Å². The zero-order valence-corrected chi connectivity index (χ0v) is 15.3. The molecule has 1 N–H and O–H groups in total. The van der Waals surface area contributed by atoms with Crippen molar-refractivity contribution in [2.45, 2.75) is 13.5 Å². The number of Topliss-reactive ketones (excluding diaryl/α,β-unsaturated/α-hetero) is 1. The predicted octanol–water partition coefficient (Wildman–Crippen LogP) is 5.67. The fraction of sp³-hybridized carbons (Fsp3) is 0.0870. The highest BCUT2D eigenvalue weighted by Crippen LogP contribution is 2.33. The van der Waals surface area contributed by atoms with Gasteiger partial charge in [0.15, 0.2) is 5.78 Å². The van der Waals surface area contributed by atoms with Gasteiger partial charge in [-0.15, -0.1) is 11.3 Å². The molecule has 0 fully saturated rings. The van der Waals surface area contributed by atoms with Crippen molar-refractivity contribution >= 4 is 17.2 Å². The van der Waals surface area contributed by atoms with Crippen LogP contribution in [0.4, 0.5) is 11.4 Å². The van der Waals surface area contributed by atoms with Gasteiger partial charge in [-0.05, 0) is 48.0 Å². The summed E-state index contributed by atoms with van der Waals surface area (Å²) >= 11 is 0. The Balaban J connectivity index is 1.82. The van der Waals surface area contributed by atoms with Crippen molar-refractivity contribution in [2.75, 3.05) is 5.32 Å². The second-order valence-corrected chi connectivity index (χ2v) is 6.12. The molecule has 0 aliphatic rings. The van der Waals surface area contributed by atoms with Gasteiger partial charge >= 0.3 is 0 Å². The SMILES string of the molecule is C#Cc1ccccc1Oc1ccc(N=O)c(NCc2cccc(C(C)=O)c2)c1. The summed E-state index contributed by atoms with van der Waals surface area (Å²) in [5.74, 6) is 3.65. The number of benzene rings is 3. The Kier molecular flexibility index (Phi) is 5.83. The molecule has 5 nitrogen and oxygen atoms in total. The molecule has 5 heteroatoms. The summed E-state index contributed by atoms with van der Waals surface area (Å²) in [6.45, 7) is 1.95. The van der Waals surface area contributed by atoms with Crippen LogP contribution in [0.2, 0.25) is 0 Å². The summed E-state index contributed by atoms with van der Waals surface area (Å²) in [5, 5.41) is 6.23. The Hall–Kier alpha value is -3.91. The van der Waals surface area contributed by atoms with E-state index in [0.29, 0.717) is 34.9 Å². The molecule has 0 spiro atoms. The molecule has 0 aromatic heterocycles. The highest BCUT2D eigenvalue weighted by Gasteiger charge is 2.09. The smallest absolute Gasteiger partial charge is 0.159 e. The first-order chi connectivity index (χ1) is 13.6. The predicted molar refractivity (Wildman–Crippen MR) is 110 cm³/mol. The molecule has 3 aromatic rings. The van der Waals surface area contributed by atoms with Crippen LogP contribution < -0.4 is 10.1 Å². The number of nitrogens with one attached hydrogen (secondary N) is 1. The van der Waals surface area contributed by atoms with Gasteiger partial charge in [0.1, 0.15) is 17.2 Å². The highest BCUT2D eigenvalue weighted by atomic mass is 16.5. The third kappa shape index (κ3) is 4.43. The first kappa shape index (κ1) is 18.9. The van der Waals surface area contributed by atoms with Gasteiger partial charge in [0.2, 0.25) is 0 Å². The topological polar surface area (TPSA) is 67.8 Å². The van der Waals surface area contributed by atoms with Gasteiger partial charge in [-0.25, -0.2) is 0 Å². The summed E-state index contributed by atoms with van der Waals surface area (Å²) in [5.41, 5.74) is 2.97. The number of nitroso groups, excluding NO2 is 1. The second-order valence-electron chi connectivity index (χ2n) is 6.12. The molecule has 0 saturated carbocycles. The van der Waals surface area contributed by atoms with Gasteiger partial charge in [-0.1, -0.05) is 36.3 Å². The molecule has 138 valence electrons. The second kappa shape index (κ2) is 8.65. The number of nitrogens with zero attached hydrogens (tertiary/aromatic N) is 1. The molecule has 0 bridgehead atoms. The largest absolute Gasteiger partial charge is 0.456 e. The van der Waals surface area contributed by atoms with Crippen molar-refractivity contribution in [1.29, 1.82) is 0 Å². The van der Waals surface area contributed by atoms with E-state index in [4.69, 9.17) is 11.2 Å². The monoisotopic (exact) mass is 370 g/mol. The average molecular weight is 370 g/mol. The number of anilines is 1. The molecule has 0 radical (unpaired) electrons. The van der Waals surface area contributed by atoms with Crippen molar-refractivity contribution in [1.82, 2.24) is 0 Å². The van der Waals surface area contributed by atoms with E-state index in [9.17, 15) is 9.70 Å². The molecular formula is C23H18N2O3. The fourth-order valence-corrected chi connectivity index (χ4v) is 2.70. The zero-order chi connectivity index (χ0) is 19.9. The molecule has 0 heterocycles. The Bertz CT molecular complexity index is 1070. The van der Waals surface area contributed by atoms with Crippen molar-refractivity contribution in [3.05, 3.63) is 88.3 Å². The number of ether oxygens (including phenoxy) is 1. The Morgan fingerprint density at radius 3 is 2.68 bits per heavy atom. The van der Waals surface area contributed by atoms with Gasteiger partial charge in [-0.2, -0.15) is 0 Å². The third-order valence-electron chi connectivity index (χ3n) is 4.15. The lowest BCUT2D eigenvalue weighted by Crippen LogP contribution is -2.02. The quantitative estimate of drug-likeness (QED) is 0.330. The van der Waals surface area contributed by atoms with Crippen LogP contribution in [-0.2, 0) is 6.54 Å². The van der Waals surface area contributed by atoms with E-state index >= 15 is 0 Å². The lowest BCUT2D eigenvalue weighted by atomic mass is 10.1. The van der Waals surface area contributed by atoms with Crippen LogP contribution in [0.25, 0.3) is 0 Å². The number of para-hydroxylation sites is 1. The molecule has 0 atom stereocenters. The normalized spacial score (nSPS) is 10.0. The van der Waals surface area contributed by atoms with Crippen LogP contribution >= 0.6 is 0 Å². The van der Waals surface area contributed by atoms with Gasteiger partial charge in [0, 0.05) is 18.2 Å². The molecule has 0 aliphatic heterocycles. The minimum Gasteiger partial charge on any atom is -0.456 e. The van der Waals surface area contributed by atoms with E-state index in [-0.39, 0.29) is 11.5 Å². The maximum Gasteiger partial charge on any atom is 0.159 e. The first-order valence-corrected chi connectivity index (χ1v) is 8.65. The summed E-state index contributed by atoms with van der Waals surface area (Å²) in [6, 6.07) is 19.5. The van der Waals surface area contributed by atoms with Gasteiger partial charge < -0.3 is 10.1 Å². The molecule has 0 saturated heterocycles. The summed E-state index contributed by atoms with van der Waals surface area (Å²) in [4.78, 5) is 22.7. The molecule has 0 amide bonds. The Labute approximate surface area is 163 Å². The summed E-state index contributed by atoms with van der Waals surface area (Å²) in [7, 11) is 0. The van der Waals surface area contributed by atoms with E-state index in [0.717, 1.165) is 5.56 Å². The van der Waals surface area contributed by atoms with Gasteiger partial charge in [0.25, 0.3) is 0 Å². The highest BCUT2D eigenvalue weighted by molar-refractivity contribution is 5.94. The maximum absolute atomic E-state index is 11.5. The van der Waals surface area contributed by atoms with Crippen molar-refractivity contribution in [3.8, 4) is 23.8 Å². The first-order valence-electron chi connectivity index (χ1n) is 8.65. The van der Waals surface area contributed by atoms with Crippen LogP contribution in [0.3, 0.4) is 0 Å². The number of hydrogen-bond donors (Lipinski definition) is 1. The van der Waals surface area contributed by atoms with E-state index in [1.54, 1.807) is 36.4 Å². The molecule has 0 unspecified atom stereocenters. The third-order valence-corrected chi connectivity index (χ3v) is 4.15. The average Bonchev–Trinajstić information content (AvgIpc) is 2.73. The van der Waals surface area contributed by atoms with Crippen molar-refractivity contribution in [3.63, 3.8) is 0 Å². The lowest BCUT2D eigenvalue weighted by molar-refractivity contribution is 0.101. The number of ketones is 1. The van der Waals surface area contributed by atoms with E-state index in [1.165, 1.54) is 6.92 Å². The fourth-order valence-electron chi connectivity index (χ4n) is 2.70. The Morgan fingerprint density at radius 2 is 1.93 bits per heavy atom. The molecule has 3 rings (SSSR count). The number of carbonyl (C=O) groups is 1. The zero-order valence-electron chi connectivity index (χ0n) is 15.3. The maximum atomic E-state index is 11.5. The molecular weight excluding hydrogens is 352 g/mol. The van der Waals surface area contributed by atoms with Gasteiger partial charge in [-0.3, -0.25) is 4.79 Å². The number of hydrogen-bond acceptors (Lipinski definition) is 5. The number of terminal acetylenes is 1. The molecule has 3 aromatic carbocycles. The van der Waals surface area contributed by atoms with E-state index in [2.05, 4.69) is 16.4 Å².